The quantitative estimate of drug-likeness (QED) is 0.132. The van der Waals surface area contributed by atoms with Crippen molar-refractivity contribution in [3.8, 4) is 22.3 Å². The summed E-state index contributed by atoms with van der Waals surface area (Å²) in [7, 11) is 0. The minimum absolute atomic E-state index is 0.259. The van der Waals surface area contributed by atoms with E-state index in [1.165, 1.54) is 108 Å². The maximum Gasteiger partial charge on any atom is 0.0358 e. The first kappa shape index (κ1) is 26.9. The molecule has 0 aliphatic heterocycles. The molecule has 1 aliphatic carbocycles. The van der Waals surface area contributed by atoms with Gasteiger partial charge >= 0.3 is 0 Å². The normalized spacial score (nSPS) is 13.9. The molecule has 196 valence electrons. The van der Waals surface area contributed by atoms with Crippen LogP contribution >= 0.6 is 15.9 Å². The van der Waals surface area contributed by atoms with Crippen molar-refractivity contribution < 1.29 is 0 Å². The summed E-state index contributed by atoms with van der Waals surface area (Å²) in [5.41, 5.74) is 13.0. The van der Waals surface area contributed by atoms with Crippen LogP contribution in [0.5, 0.6) is 0 Å². The zero-order chi connectivity index (χ0) is 26.3. The molecule has 38 heavy (non-hydrogen) atoms. The fraction of sp³-hybridized carbons (Fsp3) is 0.351. The third kappa shape index (κ3) is 5.84. The molecule has 4 aromatic rings. The molecule has 0 heterocycles. The van der Waals surface area contributed by atoms with E-state index in [9.17, 15) is 0 Å². The molecule has 4 aromatic carbocycles. The Morgan fingerprint density at radius 2 is 1.32 bits per heavy atom. The molecule has 0 aromatic heterocycles. The van der Waals surface area contributed by atoms with E-state index >= 15 is 0 Å². The fourth-order valence-electron chi connectivity index (χ4n) is 6.26. The van der Waals surface area contributed by atoms with Gasteiger partial charge in [-0.05, 0) is 87.9 Å². The molecule has 0 fully saturated rings. The first-order valence-corrected chi connectivity index (χ1v) is 15.6. The molecule has 0 radical (unpaired) electrons. The van der Waals surface area contributed by atoms with Crippen LogP contribution in [0, 0.1) is 0 Å². The van der Waals surface area contributed by atoms with Gasteiger partial charge in [0.15, 0.2) is 0 Å². The summed E-state index contributed by atoms with van der Waals surface area (Å²) in [6, 6.07) is 32.4. The summed E-state index contributed by atoms with van der Waals surface area (Å²) in [6.07, 6.45) is 12.7. The van der Waals surface area contributed by atoms with Gasteiger partial charge in [-0.2, -0.15) is 0 Å². The van der Waals surface area contributed by atoms with Crippen LogP contribution in [0.1, 0.15) is 98.9 Å². The number of hydrogen-bond donors (Lipinski definition) is 0. The Labute approximate surface area is 238 Å². The fourth-order valence-corrected chi connectivity index (χ4v) is 6.52. The van der Waals surface area contributed by atoms with Crippen molar-refractivity contribution in [2.75, 3.05) is 0 Å². The summed E-state index contributed by atoms with van der Waals surface area (Å²) in [4.78, 5) is 0. The van der Waals surface area contributed by atoms with Crippen molar-refractivity contribution in [1.29, 1.82) is 0 Å². The van der Waals surface area contributed by atoms with Gasteiger partial charge in [0, 0.05) is 10.4 Å². The Balaban J connectivity index is 1.64. The first-order valence-electron chi connectivity index (χ1n) is 14.8. The van der Waals surface area contributed by atoms with Crippen LogP contribution in [-0.4, -0.2) is 0 Å². The molecular weight excluding hydrogens is 524 g/mol. The largest absolute Gasteiger partial charge is 0.0654 e. The number of rotatable bonds is 12. The lowest BCUT2D eigenvalue weighted by Crippen LogP contribution is -2.04. The number of hydrogen-bond acceptors (Lipinski definition) is 0. The van der Waals surface area contributed by atoms with E-state index < -0.39 is 0 Å². The predicted octanol–water partition coefficient (Wildman–Crippen LogP) is 11.5. The Morgan fingerprint density at radius 1 is 0.632 bits per heavy atom. The standard InChI is InChI=1S/C37H41Br/c1-3-5-7-10-14-27-18-24-32-33-25-21-29(17-11-8-6-4-2)35(28-15-12-9-13-16-28)37(33)36(34(32)26-27)30-19-22-31(38)23-20-30/h9,12-13,15-16,18-26,36H,3-8,10-11,14,17H2,1-2H3. The van der Waals surface area contributed by atoms with Gasteiger partial charge in [-0.1, -0.05) is 141 Å². The van der Waals surface area contributed by atoms with Crippen LogP contribution in [0.2, 0.25) is 0 Å². The average molecular weight is 566 g/mol. The third-order valence-electron chi connectivity index (χ3n) is 8.22. The van der Waals surface area contributed by atoms with E-state index in [0.717, 1.165) is 10.9 Å². The second-order valence-electron chi connectivity index (χ2n) is 11.0. The maximum atomic E-state index is 3.67. The molecular formula is C37H41Br. The zero-order valence-electron chi connectivity index (χ0n) is 23.1. The summed E-state index contributed by atoms with van der Waals surface area (Å²) >= 11 is 3.67. The second kappa shape index (κ2) is 12.9. The van der Waals surface area contributed by atoms with Crippen molar-refractivity contribution in [3.05, 3.63) is 117 Å². The highest BCUT2D eigenvalue weighted by molar-refractivity contribution is 9.10. The third-order valence-corrected chi connectivity index (χ3v) is 8.75. The van der Waals surface area contributed by atoms with Gasteiger partial charge in [0.25, 0.3) is 0 Å². The number of halogens is 1. The molecule has 0 nitrogen and oxygen atoms in total. The molecule has 1 heteroatoms. The van der Waals surface area contributed by atoms with Gasteiger partial charge < -0.3 is 0 Å². The van der Waals surface area contributed by atoms with Crippen LogP contribution in [0.15, 0.2) is 89.4 Å². The lowest BCUT2D eigenvalue weighted by molar-refractivity contribution is 0.666. The van der Waals surface area contributed by atoms with Gasteiger partial charge in [-0.25, -0.2) is 0 Å². The number of unbranched alkanes of at least 4 members (excludes halogenated alkanes) is 6. The first-order chi connectivity index (χ1) is 18.7. The van der Waals surface area contributed by atoms with E-state index in [2.05, 4.69) is 115 Å². The zero-order valence-corrected chi connectivity index (χ0v) is 24.7. The molecule has 0 amide bonds. The lowest BCUT2D eigenvalue weighted by Gasteiger charge is -2.21. The van der Waals surface area contributed by atoms with Gasteiger partial charge in [-0.15, -0.1) is 0 Å². The number of fused-ring (bicyclic) bond motifs is 3. The van der Waals surface area contributed by atoms with Gasteiger partial charge in [-0.3, -0.25) is 0 Å². The van der Waals surface area contributed by atoms with E-state index in [1.807, 2.05) is 0 Å². The SMILES string of the molecule is CCCCCCc1ccc2c(c1)C(c1ccc(Br)cc1)c1c-2ccc(CCCCCC)c1-c1ccccc1. The Hall–Kier alpha value is -2.64. The number of benzene rings is 4. The summed E-state index contributed by atoms with van der Waals surface area (Å²) < 4.78 is 1.14. The van der Waals surface area contributed by atoms with Crippen LogP contribution < -0.4 is 0 Å². The van der Waals surface area contributed by atoms with Crippen molar-refractivity contribution in [2.45, 2.75) is 84.0 Å². The highest BCUT2D eigenvalue weighted by Gasteiger charge is 2.33. The Kier molecular flexibility index (Phi) is 9.18. The van der Waals surface area contributed by atoms with Crippen molar-refractivity contribution in [2.24, 2.45) is 0 Å². The molecule has 0 saturated heterocycles. The Bertz CT molecular complexity index is 1330. The molecule has 1 unspecified atom stereocenters. The highest BCUT2D eigenvalue weighted by Crippen LogP contribution is 2.53. The summed E-state index contributed by atoms with van der Waals surface area (Å²) in [5.74, 6) is 0.259. The molecule has 1 aliphatic rings. The minimum Gasteiger partial charge on any atom is -0.0654 e. The average Bonchev–Trinajstić information content (AvgIpc) is 3.28. The molecule has 5 rings (SSSR count). The monoisotopic (exact) mass is 564 g/mol. The van der Waals surface area contributed by atoms with Crippen LogP contribution in [0.4, 0.5) is 0 Å². The van der Waals surface area contributed by atoms with E-state index in [4.69, 9.17) is 0 Å². The van der Waals surface area contributed by atoms with E-state index in [0.29, 0.717) is 0 Å². The summed E-state index contributed by atoms with van der Waals surface area (Å²) in [5, 5.41) is 0. The summed E-state index contributed by atoms with van der Waals surface area (Å²) in [6.45, 7) is 4.58. The topological polar surface area (TPSA) is 0 Å². The number of aryl methyl sites for hydroxylation is 2. The van der Waals surface area contributed by atoms with Crippen LogP contribution in [0.3, 0.4) is 0 Å². The minimum atomic E-state index is 0.259. The van der Waals surface area contributed by atoms with Gasteiger partial charge in [0.2, 0.25) is 0 Å². The second-order valence-corrected chi connectivity index (χ2v) is 11.9. The predicted molar refractivity (Wildman–Crippen MR) is 168 cm³/mol. The Morgan fingerprint density at radius 3 is 2.03 bits per heavy atom. The van der Waals surface area contributed by atoms with Gasteiger partial charge in [0.05, 0.1) is 0 Å². The maximum absolute atomic E-state index is 3.67. The molecule has 1 atom stereocenters. The van der Waals surface area contributed by atoms with Crippen LogP contribution in [0.25, 0.3) is 22.3 Å². The highest BCUT2D eigenvalue weighted by atomic mass is 79.9. The molecule has 0 spiro atoms. The molecule has 0 N–H and O–H groups in total. The van der Waals surface area contributed by atoms with Crippen molar-refractivity contribution in [3.63, 3.8) is 0 Å². The van der Waals surface area contributed by atoms with Crippen molar-refractivity contribution in [1.82, 2.24) is 0 Å². The smallest absolute Gasteiger partial charge is 0.0358 e. The lowest BCUT2D eigenvalue weighted by atomic mass is 9.82. The van der Waals surface area contributed by atoms with Gasteiger partial charge in [0.1, 0.15) is 0 Å². The molecule has 0 bridgehead atoms. The van der Waals surface area contributed by atoms with E-state index in [1.54, 1.807) is 0 Å². The van der Waals surface area contributed by atoms with Crippen LogP contribution in [-0.2, 0) is 12.8 Å². The van der Waals surface area contributed by atoms with E-state index in [-0.39, 0.29) is 5.92 Å². The molecule has 0 saturated carbocycles. The van der Waals surface area contributed by atoms with Crippen molar-refractivity contribution >= 4 is 15.9 Å².